The van der Waals surface area contributed by atoms with E-state index in [0.29, 0.717) is 22.2 Å². The molecule has 0 aliphatic rings. The maximum absolute atomic E-state index is 13.4. The molecule has 1 aromatic heterocycles. The zero-order chi connectivity index (χ0) is 23.6. The Morgan fingerprint density at radius 1 is 1.06 bits per heavy atom. The lowest BCUT2D eigenvalue weighted by Gasteiger charge is -2.15. The minimum absolute atomic E-state index is 0.0900. The summed E-state index contributed by atoms with van der Waals surface area (Å²) in [6.07, 6.45) is -3.42. The van der Waals surface area contributed by atoms with Crippen LogP contribution in [0.25, 0.3) is 10.8 Å². The summed E-state index contributed by atoms with van der Waals surface area (Å²) in [5.74, 6) is -0.0603. The van der Waals surface area contributed by atoms with Crippen LogP contribution in [0.2, 0.25) is 5.02 Å². The van der Waals surface area contributed by atoms with Crippen LogP contribution in [-0.2, 0) is 12.8 Å². The zero-order valence-electron chi connectivity index (χ0n) is 16.7. The smallest absolute Gasteiger partial charge is 0.418 e. The first-order valence-corrected chi connectivity index (χ1v) is 9.93. The number of nitrogens with one attached hydrogen (secondary N) is 1. The molecule has 0 aliphatic heterocycles. The molecule has 10 heteroatoms. The number of hydrogen-bond donors (Lipinski definition) is 2. The van der Waals surface area contributed by atoms with Gasteiger partial charge in [-0.2, -0.15) is 13.2 Å². The number of hydrogen-bond acceptors (Lipinski definition) is 5. The molecule has 0 radical (unpaired) electrons. The van der Waals surface area contributed by atoms with Gasteiger partial charge in [0.25, 0.3) is 5.91 Å². The molecule has 0 bridgehead atoms. The summed E-state index contributed by atoms with van der Waals surface area (Å²) in [6.45, 7) is -0.265. The summed E-state index contributed by atoms with van der Waals surface area (Å²) in [5, 5.41) is 12.6. The van der Waals surface area contributed by atoms with Crippen molar-refractivity contribution in [3.05, 3.63) is 88.8 Å². The van der Waals surface area contributed by atoms with E-state index in [4.69, 9.17) is 16.3 Å². The van der Waals surface area contributed by atoms with Crippen molar-refractivity contribution < 1.29 is 27.8 Å². The molecule has 168 valence electrons. The van der Waals surface area contributed by atoms with E-state index in [0.717, 1.165) is 12.1 Å². The summed E-state index contributed by atoms with van der Waals surface area (Å²) >= 11 is 5.70. The van der Waals surface area contributed by atoms with Gasteiger partial charge in [0.1, 0.15) is 12.1 Å². The topological polar surface area (TPSA) is 84.3 Å². The highest BCUT2D eigenvalue weighted by atomic mass is 35.5. The first-order valence-electron chi connectivity index (χ1n) is 9.55. The third kappa shape index (κ3) is 5.05. The molecule has 4 rings (SSSR count). The van der Waals surface area contributed by atoms with E-state index in [1.54, 1.807) is 30.3 Å². The fourth-order valence-corrected chi connectivity index (χ4v) is 3.39. The molecule has 1 heterocycles. The Balaban J connectivity index is 1.63. The number of alkyl halides is 3. The van der Waals surface area contributed by atoms with E-state index in [1.165, 1.54) is 24.5 Å². The molecule has 3 aromatic carbocycles. The minimum atomic E-state index is -4.69. The van der Waals surface area contributed by atoms with Gasteiger partial charge in [-0.1, -0.05) is 23.7 Å². The van der Waals surface area contributed by atoms with Gasteiger partial charge in [0.05, 0.1) is 23.6 Å². The number of amides is 1. The number of nitrogens with zero attached hydrogens (tertiary/aromatic N) is 2. The molecule has 4 aromatic rings. The number of rotatable bonds is 5. The second kappa shape index (κ2) is 9.05. The fourth-order valence-electron chi connectivity index (χ4n) is 3.21. The van der Waals surface area contributed by atoms with Crippen molar-refractivity contribution in [2.45, 2.75) is 12.8 Å². The number of carbonyl (C=O) groups excluding carboxylic acids is 1. The van der Waals surface area contributed by atoms with Crippen LogP contribution < -0.4 is 10.1 Å². The average molecular weight is 474 g/mol. The van der Waals surface area contributed by atoms with Gasteiger partial charge in [-0.15, -0.1) is 0 Å². The molecular weight excluding hydrogens is 459 g/mol. The standard InChI is InChI=1S/C23H15ClF3N3O3/c24-14-4-7-20(19(9-14)23(25,26)27)30-22(32)18-3-1-2-13-8-16(5-6-17(13)18)33-21-10-15(11-31)28-12-29-21/h1-10,12,31H,11H2,(H,30,32). The van der Waals surface area contributed by atoms with Gasteiger partial charge in [-0.25, -0.2) is 9.97 Å². The van der Waals surface area contributed by atoms with Crippen LogP contribution in [0.3, 0.4) is 0 Å². The number of benzene rings is 3. The lowest BCUT2D eigenvalue weighted by molar-refractivity contribution is -0.136. The number of fused-ring (bicyclic) bond motifs is 1. The predicted molar refractivity (Wildman–Crippen MR) is 116 cm³/mol. The zero-order valence-corrected chi connectivity index (χ0v) is 17.5. The highest BCUT2D eigenvalue weighted by Gasteiger charge is 2.34. The largest absolute Gasteiger partial charge is 0.439 e. The summed E-state index contributed by atoms with van der Waals surface area (Å²) in [7, 11) is 0. The predicted octanol–water partition coefficient (Wildman–Crippen LogP) is 5.84. The fraction of sp³-hybridized carbons (Fsp3) is 0.0870. The number of aromatic nitrogens is 2. The first-order chi connectivity index (χ1) is 15.7. The van der Waals surface area contributed by atoms with E-state index in [2.05, 4.69) is 15.3 Å². The Morgan fingerprint density at radius 3 is 2.64 bits per heavy atom. The average Bonchev–Trinajstić information content (AvgIpc) is 2.79. The van der Waals surface area contributed by atoms with Crippen LogP contribution >= 0.6 is 11.6 Å². The monoisotopic (exact) mass is 473 g/mol. The third-order valence-corrected chi connectivity index (χ3v) is 4.95. The third-order valence-electron chi connectivity index (χ3n) is 4.71. The van der Waals surface area contributed by atoms with Crippen LogP contribution in [0.15, 0.2) is 67.0 Å². The van der Waals surface area contributed by atoms with Crippen molar-refractivity contribution in [3.63, 3.8) is 0 Å². The molecule has 0 fully saturated rings. The summed E-state index contributed by atoms with van der Waals surface area (Å²) in [6, 6.07) is 14.4. The summed E-state index contributed by atoms with van der Waals surface area (Å²) < 4.78 is 45.8. The van der Waals surface area contributed by atoms with Gasteiger partial charge in [0, 0.05) is 16.7 Å². The van der Waals surface area contributed by atoms with Crippen LogP contribution in [0.1, 0.15) is 21.6 Å². The Labute approximate surface area is 190 Å². The van der Waals surface area contributed by atoms with Crippen LogP contribution in [0.5, 0.6) is 11.6 Å². The highest BCUT2D eigenvalue weighted by Crippen LogP contribution is 2.37. The molecule has 0 saturated carbocycles. The molecule has 2 N–H and O–H groups in total. The van der Waals surface area contributed by atoms with Crippen LogP contribution in [0, 0.1) is 0 Å². The molecule has 0 spiro atoms. The SMILES string of the molecule is O=C(Nc1ccc(Cl)cc1C(F)(F)F)c1cccc2cc(Oc3cc(CO)ncn3)ccc12. The summed E-state index contributed by atoms with van der Waals surface area (Å²) in [5.41, 5.74) is -0.851. The quantitative estimate of drug-likeness (QED) is 0.380. The highest BCUT2D eigenvalue weighted by molar-refractivity contribution is 6.30. The van der Waals surface area contributed by atoms with E-state index in [-0.39, 0.29) is 23.1 Å². The van der Waals surface area contributed by atoms with E-state index in [1.807, 2.05) is 0 Å². The van der Waals surface area contributed by atoms with E-state index >= 15 is 0 Å². The van der Waals surface area contributed by atoms with Crippen molar-refractivity contribution in [2.75, 3.05) is 5.32 Å². The molecular formula is C23H15ClF3N3O3. The van der Waals surface area contributed by atoms with Crippen LogP contribution in [-0.4, -0.2) is 21.0 Å². The Kier molecular flexibility index (Phi) is 6.17. The van der Waals surface area contributed by atoms with Gasteiger partial charge in [-0.3, -0.25) is 4.79 Å². The van der Waals surface area contributed by atoms with Crippen molar-refractivity contribution in [1.29, 1.82) is 0 Å². The van der Waals surface area contributed by atoms with Crippen molar-refractivity contribution >= 4 is 34.0 Å². The molecule has 0 aliphatic carbocycles. The number of halogens is 4. The number of carbonyl (C=O) groups is 1. The second-order valence-corrected chi connectivity index (χ2v) is 7.37. The number of aliphatic hydroxyl groups excluding tert-OH is 1. The van der Waals surface area contributed by atoms with Crippen molar-refractivity contribution in [2.24, 2.45) is 0 Å². The maximum atomic E-state index is 13.4. The Morgan fingerprint density at radius 2 is 1.88 bits per heavy atom. The van der Waals surface area contributed by atoms with Crippen molar-refractivity contribution in [1.82, 2.24) is 9.97 Å². The van der Waals surface area contributed by atoms with Crippen LogP contribution in [0.4, 0.5) is 18.9 Å². The van der Waals surface area contributed by atoms with Gasteiger partial charge in [0.15, 0.2) is 0 Å². The summed E-state index contributed by atoms with van der Waals surface area (Å²) in [4.78, 5) is 20.7. The molecule has 33 heavy (non-hydrogen) atoms. The minimum Gasteiger partial charge on any atom is -0.439 e. The van der Waals surface area contributed by atoms with E-state index < -0.39 is 23.3 Å². The molecule has 1 amide bonds. The molecule has 6 nitrogen and oxygen atoms in total. The molecule has 0 unspecified atom stereocenters. The van der Waals surface area contributed by atoms with Gasteiger partial charge in [-0.05, 0) is 53.2 Å². The Hall–Kier alpha value is -3.69. The lowest BCUT2D eigenvalue weighted by atomic mass is 10.0. The maximum Gasteiger partial charge on any atom is 0.418 e. The second-order valence-electron chi connectivity index (χ2n) is 6.94. The molecule has 0 atom stereocenters. The van der Waals surface area contributed by atoms with Gasteiger partial charge >= 0.3 is 6.18 Å². The molecule has 0 saturated heterocycles. The Bertz CT molecular complexity index is 1350. The first kappa shape index (κ1) is 22.5. The van der Waals surface area contributed by atoms with Gasteiger partial charge in [0.2, 0.25) is 5.88 Å². The number of aliphatic hydroxyl groups is 1. The lowest BCUT2D eigenvalue weighted by Crippen LogP contribution is -2.17. The number of anilines is 1. The normalized spacial score (nSPS) is 11.4. The number of ether oxygens (including phenoxy) is 1. The van der Waals surface area contributed by atoms with E-state index in [9.17, 15) is 23.1 Å². The van der Waals surface area contributed by atoms with Crippen molar-refractivity contribution in [3.8, 4) is 11.6 Å². The van der Waals surface area contributed by atoms with Gasteiger partial charge < -0.3 is 15.2 Å².